The fourth-order valence-electron chi connectivity index (χ4n) is 4.45. The van der Waals surface area contributed by atoms with Gasteiger partial charge in [0.25, 0.3) is 0 Å². The van der Waals surface area contributed by atoms with Crippen molar-refractivity contribution >= 4 is 39.9 Å². The van der Waals surface area contributed by atoms with Gasteiger partial charge in [-0.1, -0.05) is 38.8 Å². The molecule has 0 spiro atoms. The first-order valence-corrected chi connectivity index (χ1v) is 12.2. The molecule has 1 saturated heterocycles. The zero-order valence-corrected chi connectivity index (χ0v) is 19.4. The number of likely N-dealkylation sites (tertiary alicyclic amines) is 1. The van der Waals surface area contributed by atoms with E-state index in [0.29, 0.717) is 30.1 Å². The lowest BCUT2D eigenvalue weighted by molar-refractivity contribution is -0.130. The third-order valence-corrected chi connectivity index (χ3v) is 6.84. The summed E-state index contributed by atoms with van der Waals surface area (Å²) in [6.45, 7) is 4.53. The van der Waals surface area contributed by atoms with Crippen molar-refractivity contribution in [3.05, 3.63) is 29.6 Å². The minimum Gasteiger partial charge on any atom is -0.339 e. The Morgan fingerprint density at radius 3 is 2.56 bits per heavy atom. The SMILES string of the molecule is CC(C)CC(=O)Nc1ccc(-c2csc(NC(=O)[C@H]3CC(=O)N(C4CCCC4)C3)n2)cc1. The van der Waals surface area contributed by atoms with Crippen LogP contribution in [0.5, 0.6) is 0 Å². The van der Waals surface area contributed by atoms with Gasteiger partial charge in [0.1, 0.15) is 0 Å². The van der Waals surface area contributed by atoms with Crippen molar-refractivity contribution in [2.45, 2.75) is 58.4 Å². The van der Waals surface area contributed by atoms with Gasteiger partial charge >= 0.3 is 0 Å². The van der Waals surface area contributed by atoms with Gasteiger partial charge in [0.15, 0.2) is 5.13 Å². The van der Waals surface area contributed by atoms with Crippen LogP contribution in [-0.2, 0) is 14.4 Å². The highest BCUT2D eigenvalue weighted by Gasteiger charge is 2.38. The normalized spacial score (nSPS) is 19.0. The van der Waals surface area contributed by atoms with Crippen LogP contribution in [0, 0.1) is 11.8 Å². The topological polar surface area (TPSA) is 91.4 Å². The Morgan fingerprint density at radius 1 is 1.16 bits per heavy atom. The maximum atomic E-state index is 12.7. The van der Waals surface area contributed by atoms with Gasteiger partial charge in [0.05, 0.1) is 11.6 Å². The third kappa shape index (κ3) is 5.35. The van der Waals surface area contributed by atoms with E-state index in [1.807, 2.05) is 48.4 Å². The number of nitrogens with one attached hydrogen (secondary N) is 2. The zero-order valence-electron chi connectivity index (χ0n) is 18.6. The monoisotopic (exact) mass is 454 g/mol. The Kier molecular flexibility index (Phi) is 6.89. The summed E-state index contributed by atoms with van der Waals surface area (Å²) in [5, 5.41) is 8.22. The lowest BCUT2D eigenvalue weighted by Gasteiger charge is -2.23. The lowest BCUT2D eigenvalue weighted by Crippen LogP contribution is -2.35. The summed E-state index contributed by atoms with van der Waals surface area (Å²) in [4.78, 5) is 43.5. The minimum atomic E-state index is -0.316. The summed E-state index contributed by atoms with van der Waals surface area (Å²) < 4.78 is 0. The molecule has 0 radical (unpaired) electrons. The number of rotatable bonds is 7. The second kappa shape index (κ2) is 9.81. The lowest BCUT2D eigenvalue weighted by atomic mass is 10.1. The Bertz CT molecular complexity index is 979. The van der Waals surface area contributed by atoms with Gasteiger partial charge in [-0.3, -0.25) is 14.4 Å². The molecule has 1 atom stereocenters. The minimum absolute atomic E-state index is 0.00305. The number of thiazole rings is 1. The maximum absolute atomic E-state index is 12.7. The highest BCUT2D eigenvalue weighted by Crippen LogP contribution is 2.31. The molecule has 1 aliphatic heterocycles. The van der Waals surface area contributed by atoms with Crippen LogP contribution in [0.3, 0.4) is 0 Å². The number of amides is 3. The number of benzene rings is 1. The van der Waals surface area contributed by atoms with E-state index in [1.54, 1.807) is 0 Å². The molecule has 1 aromatic heterocycles. The van der Waals surface area contributed by atoms with Crippen LogP contribution in [0.4, 0.5) is 10.8 Å². The molecule has 1 saturated carbocycles. The van der Waals surface area contributed by atoms with Crippen LogP contribution in [0.15, 0.2) is 29.6 Å². The van der Waals surface area contributed by atoms with E-state index in [9.17, 15) is 14.4 Å². The first-order chi connectivity index (χ1) is 15.4. The predicted octanol–water partition coefficient (Wildman–Crippen LogP) is 4.52. The summed E-state index contributed by atoms with van der Waals surface area (Å²) in [6, 6.07) is 7.83. The van der Waals surface area contributed by atoms with Crippen LogP contribution < -0.4 is 10.6 Å². The highest BCUT2D eigenvalue weighted by atomic mass is 32.1. The van der Waals surface area contributed by atoms with Crippen molar-refractivity contribution in [3.63, 3.8) is 0 Å². The Labute approximate surface area is 192 Å². The quantitative estimate of drug-likeness (QED) is 0.643. The molecule has 3 amide bonds. The molecule has 2 aromatic rings. The van der Waals surface area contributed by atoms with Crippen molar-refractivity contribution in [3.8, 4) is 11.3 Å². The average Bonchev–Trinajstić information content (AvgIpc) is 3.48. The second-order valence-electron chi connectivity index (χ2n) is 9.14. The van der Waals surface area contributed by atoms with E-state index >= 15 is 0 Å². The molecule has 2 heterocycles. The Morgan fingerprint density at radius 2 is 1.88 bits per heavy atom. The molecule has 1 aromatic carbocycles. The van der Waals surface area contributed by atoms with Gasteiger partial charge in [0, 0.05) is 42.1 Å². The molecule has 170 valence electrons. The van der Waals surface area contributed by atoms with Crippen molar-refractivity contribution in [1.29, 1.82) is 0 Å². The fraction of sp³-hybridized carbons (Fsp3) is 0.500. The first kappa shape index (κ1) is 22.5. The average molecular weight is 455 g/mol. The van der Waals surface area contributed by atoms with Gasteiger partial charge in [0.2, 0.25) is 17.7 Å². The van der Waals surface area contributed by atoms with Crippen molar-refractivity contribution in [2.24, 2.45) is 11.8 Å². The number of hydrogen-bond donors (Lipinski definition) is 2. The van der Waals surface area contributed by atoms with E-state index in [2.05, 4.69) is 15.6 Å². The summed E-state index contributed by atoms with van der Waals surface area (Å²) in [5.74, 6) is -0.0426. The van der Waals surface area contributed by atoms with Gasteiger partial charge in [-0.25, -0.2) is 4.98 Å². The molecule has 8 heteroatoms. The van der Waals surface area contributed by atoms with Crippen LogP contribution in [0.25, 0.3) is 11.3 Å². The summed E-state index contributed by atoms with van der Waals surface area (Å²) >= 11 is 1.37. The van der Waals surface area contributed by atoms with E-state index < -0.39 is 0 Å². The molecule has 2 aliphatic rings. The number of hydrogen-bond acceptors (Lipinski definition) is 5. The summed E-state index contributed by atoms with van der Waals surface area (Å²) in [6.07, 6.45) is 5.20. The van der Waals surface area contributed by atoms with Crippen molar-refractivity contribution in [2.75, 3.05) is 17.2 Å². The molecule has 1 aliphatic carbocycles. The second-order valence-corrected chi connectivity index (χ2v) is 9.99. The number of nitrogens with zero attached hydrogens (tertiary/aromatic N) is 2. The predicted molar refractivity (Wildman–Crippen MR) is 126 cm³/mol. The van der Waals surface area contributed by atoms with Crippen LogP contribution in [0.1, 0.15) is 52.4 Å². The number of carbonyl (C=O) groups excluding carboxylic acids is 3. The van der Waals surface area contributed by atoms with E-state index in [0.717, 1.165) is 29.8 Å². The van der Waals surface area contributed by atoms with Gasteiger partial charge < -0.3 is 15.5 Å². The number of anilines is 2. The van der Waals surface area contributed by atoms with Crippen LogP contribution >= 0.6 is 11.3 Å². The summed E-state index contributed by atoms with van der Waals surface area (Å²) in [5.41, 5.74) is 2.42. The van der Waals surface area contributed by atoms with Crippen LogP contribution in [-0.4, -0.2) is 40.2 Å². The zero-order chi connectivity index (χ0) is 22.7. The summed E-state index contributed by atoms with van der Waals surface area (Å²) in [7, 11) is 0. The van der Waals surface area contributed by atoms with Gasteiger partial charge in [-0.15, -0.1) is 11.3 Å². The molecule has 7 nitrogen and oxygen atoms in total. The number of carbonyl (C=O) groups is 3. The largest absolute Gasteiger partial charge is 0.339 e. The van der Waals surface area contributed by atoms with E-state index in [4.69, 9.17) is 0 Å². The molecular weight excluding hydrogens is 424 g/mol. The highest BCUT2D eigenvalue weighted by molar-refractivity contribution is 7.14. The molecular formula is C24H30N4O3S. The smallest absolute Gasteiger partial charge is 0.231 e. The third-order valence-electron chi connectivity index (χ3n) is 6.09. The molecule has 32 heavy (non-hydrogen) atoms. The standard InChI is InChI=1S/C24H30N4O3S/c1-15(2)11-21(29)25-18-9-7-16(8-10-18)20-14-32-24(26-20)27-23(31)17-12-22(30)28(13-17)19-5-3-4-6-19/h7-10,14-15,17,19H,3-6,11-13H2,1-2H3,(H,25,29)(H,26,27,31)/t17-/m0/s1. The maximum Gasteiger partial charge on any atom is 0.231 e. The van der Waals surface area contributed by atoms with Crippen LogP contribution in [0.2, 0.25) is 0 Å². The molecule has 2 fully saturated rings. The molecule has 0 unspecified atom stereocenters. The van der Waals surface area contributed by atoms with Gasteiger partial charge in [-0.2, -0.15) is 0 Å². The van der Waals surface area contributed by atoms with Crippen molar-refractivity contribution < 1.29 is 14.4 Å². The first-order valence-electron chi connectivity index (χ1n) is 11.3. The Hall–Kier alpha value is -2.74. The van der Waals surface area contributed by atoms with Gasteiger partial charge in [-0.05, 0) is 30.9 Å². The van der Waals surface area contributed by atoms with E-state index in [1.165, 1.54) is 24.2 Å². The molecule has 2 N–H and O–H groups in total. The molecule has 4 rings (SSSR count). The van der Waals surface area contributed by atoms with Crippen molar-refractivity contribution in [1.82, 2.24) is 9.88 Å². The number of aromatic nitrogens is 1. The van der Waals surface area contributed by atoms with E-state index in [-0.39, 0.29) is 30.1 Å². The fourth-order valence-corrected chi connectivity index (χ4v) is 5.18. The Balaban J connectivity index is 1.33. The molecule has 0 bridgehead atoms.